The van der Waals surface area contributed by atoms with E-state index < -0.39 is 6.10 Å². The van der Waals surface area contributed by atoms with E-state index in [9.17, 15) is 5.11 Å². The van der Waals surface area contributed by atoms with Crippen LogP contribution in [0.25, 0.3) is 11.0 Å². The van der Waals surface area contributed by atoms with Gasteiger partial charge in [-0.1, -0.05) is 24.3 Å². The Morgan fingerprint density at radius 3 is 2.83 bits per heavy atom. The van der Waals surface area contributed by atoms with Gasteiger partial charge < -0.3 is 19.7 Å². The van der Waals surface area contributed by atoms with E-state index in [0.29, 0.717) is 13.1 Å². The van der Waals surface area contributed by atoms with Gasteiger partial charge >= 0.3 is 0 Å². The van der Waals surface area contributed by atoms with Crippen molar-refractivity contribution in [1.82, 2.24) is 14.9 Å². The number of rotatable bonds is 6. The number of fused-ring (bicyclic) bond motifs is 1. The number of aryl methyl sites for hydroxylation is 1. The Balaban J connectivity index is 1.62. The summed E-state index contributed by atoms with van der Waals surface area (Å²) < 4.78 is 7.25. The Hall–Kier alpha value is -2.37. The van der Waals surface area contributed by atoms with E-state index in [4.69, 9.17) is 4.74 Å². The molecule has 1 heterocycles. The van der Waals surface area contributed by atoms with Crippen LogP contribution in [0.5, 0.6) is 5.75 Å². The maximum Gasteiger partial charge on any atom is 0.123 e. The van der Waals surface area contributed by atoms with Crippen LogP contribution >= 0.6 is 0 Å². The molecular formula is C18H21N3O2. The lowest BCUT2D eigenvalue weighted by Gasteiger charge is -2.13. The third-order valence-electron chi connectivity index (χ3n) is 3.98. The zero-order valence-corrected chi connectivity index (χ0v) is 13.4. The van der Waals surface area contributed by atoms with Crippen molar-refractivity contribution in [2.24, 2.45) is 7.05 Å². The van der Waals surface area contributed by atoms with Gasteiger partial charge in [-0.15, -0.1) is 0 Å². The molecule has 0 bridgehead atoms. The average Bonchev–Trinajstić information content (AvgIpc) is 2.91. The molecule has 2 aromatic carbocycles. The number of para-hydroxylation sites is 2. The van der Waals surface area contributed by atoms with Gasteiger partial charge in [-0.25, -0.2) is 4.98 Å². The molecule has 2 N–H and O–H groups in total. The molecule has 0 aliphatic rings. The van der Waals surface area contributed by atoms with E-state index in [2.05, 4.69) is 20.9 Å². The lowest BCUT2D eigenvalue weighted by atomic mass is 10.1. The van der Waals surface area contributed by atoms with E-state index in [0.717, 1.165) is 28.2 Å². The van der Waals surface area contributed by atoms with E-state index >= 15 is 0 Å². The van der Waals surface area contributed by atoms with Crippen molar-refractivity contribution in [3.8, 4) is 5.75 Å². The first-order valence-corrected chi connectivity index (χ1v) is 7.62. The smallest absolute Gasteiger partial charge is 0.123 e. The molecule has 0 aliphatic heterocycles. The number of methoxy groups -OCH3 is 1. The Morgan fingerprint density at radius 2 is 2.04 bits per heavy atom. The van der Waals surface area contributed by atoms with Gasteiger partial charge in [0.05, 0.1) is 30.8 Å². The summed E-state index contributed by atoms with van der Waals surface area (Å²) in [4.78, 5) is 4.61. The molecule has 23 heavy (non-hydrogen) atoms. The molecule has 1 unspecified atom stereocenters. The topological polar surface area (TPSA) is 59.3 Å². The Morgan fingerprint density at radius 1 is 1.22 bits per heavy atom. The second-order valence-electron chi connectivity index (χ2n) is 5.50. The Kier molecular flexibility index (Phi) is 4.60. The largest absolute Gasteiger partial charge is 0.497 e. The van der Waals surface area contributed by atoms with Crippen molar-refractivity contribution >= 4 is 11.0 Å². The normalized spacial score (nSPS) is 12.5. The minimum Gasteiger partial charge on any atom is -0.497 e. The zero-order chi connectivity index (χ0) is 16.2. The highest BCUT2D eigenvalue weighted by Crippen LogP contribution is 2.19. The molecule has 1 atom stereocenters. The molecule has 120 valence electrons. The highest BCUT2D eigenvalue weighted by molar-refractivity contribution is 5.75. The monoisotopic (exact) mass is 311 g/mol. The summed E-state index contributed by atoms with van der Waals surface area (Å²) in [5.41, 5.74) is 2.93. The quantitative estimate of drug-likeness (QED) is 0.734. The van der Waals surface area contributed by atoms with Crippen LogP contribution in [0.15, 0.2) is 48.5 Å². The predicted molar refractivity (Wildman–Crippen MR) is 90.4 cm³/mol. The summed E-state index contributed by atoms with van der Waals surface area (Å²) in [6.45, 7) is 1.06. The minimum atomic E-state index is -0.584. The molecule has 0 amide bonds. The molecule has 0 radical (unpaired) electrons. The van der Waals surface area contributed by atoms with Crippen LogP contribution < -0.4 is 10.1 Å². The third-order valence-corrected chi connectivity index (χ3v) is 3.98. The second kappa shape index (κ2) is 6.81. The van der Waals surface area contributed by atoms with E-state index in [1.54, 1.807) is 7.11 Å². The molecule has 5 heteroatoms. The SMILES string of the molecule is COc1cccc(C(O)CNCc2nc3ccccc3n2C)c1. The predicted octanol–water partition coefficient (Wildman–Crippen LogP) is 2.41. The fourth-order valence-corrected chi connectivity index (χ4v) is 2.64. The molecule has 0 spiro atoms. The molecule has 0 aliphatic carbocycles. The molecule has 5 nitrogen and oxygen atoms in total. The number of nitrogens with one attached hydrogen (secondary N) is 1. The van der Waals surface area contributed by atoms with Gasteiger partial charge in [0.25, 0.3) is 0 Å². The number of ether oxygens (including phenoxy) is 1. The Bertz CT molecular complexity index is 798. The first-order chi connectivity index (χ1) is 11.2. The van der Waals surface area contributed by atoms with Crippen molar-refractivity contribution in [2.45, 2.75) is 12.6 Å². The standard InChI is InChI=1S/C18H21N3O2/c1-21-16-9-4-3-8-15(16)20-18(21)12-19-11-17(22)13-6-5-7-14(10-13)23-2/h3-10,17,19,22H,11-12H2,1-2H3. The van der Waals surface area contributed by atoms with Gasteiger partial charge in [0.2, 0.25) is 0 Å². The van der Waals surface area contributed by atoms with Crippen molar-refractivity contribution < 1.29 is 9.84 Å². The summed E-state index contributed by atoms with van der Waals surface area (Å²) in [6, 6.07) is 15.5. The lowest BCUT2D eigenvalue weighted by Crippen LogP contribution is -2.22. The molecule has 1 aromatic heterocycles. The van der Waals surface area contributed by atoms with Gasteiger partial charge in [-0.2, -0.15) is 0 Å². The summed E-state index contributed by atoms with van der Waals surface area (Å²) in [5, 5.41) is 13.5. The first kappa shape index (κ1) is 15.5. The molecule has 3 rings (SSSR count). The fraction of sp³-hybridized carbons (Fsp3) is 0.278. The summed E-state index contributed by atoms with van der Waals surface area (Å²) in [5.74, 6) is 1.70. The second-order valence-corrected chi connectivity index (χ2v) is 5.50. The lowest BCUT2D eigenvalue weighted by molar-refractivity contribution is 0.173. The highest BCUT2D eigenvalue weighted by Gasteiger charge is 2.10. The van der Waals surface area contributed by atoms with E-state index in [1.165, 1.54) is 0 Å². The van der Waals surface area contributed by atoms with Crippen LogP contribution in [0.3, 0.4) is 0 Å². The van der Waals surface area contributed by atoms with Crippen LogP contribution in [0.1, 0.15) is 17.5 Å². The minimum absolute atomic E-state index is 0.455. The van der Waals surface area contributed by atoms with E-state index in [1.807, 2.05) is 49.5 Å². The summed E-state index contributed by atoms with van der Waals surface area (Å²) >= 11 is 0. The van der Waals surface area contributed by atoms with Gasteiger partial charge in [0, 0.05) is 13.6 Å². The van der Waals surface area contributed by atoms with Crippen molar-refractivity contribution in [2.75, 3.05) is 13.7 Å². The molecular weight excluding hydrogens is 290 g/mol. The van der Waals surface area contributed by atoms with Crippen molar-refractivity contribution in [3.63, 3.8) is 0 Å². The third kappa shape index (κ3) is 3.36. The number of imidazole rings is 1. The highest BCUT2D eigenvalue weighted by atomic mass is 16.5. The average molecular weight is 311 g/mol. The number of aliphatic hydroxyl groups excluding tert-OH is 1. The van der Waals surface area contributed by atoms with Crippen LogP contribution in [-0.2, 0) is 13.6 Å². The number of aliphatic hydroxyl groups is 1. The number of benzene rings is 2. The fourth-order valence-electron chi connectivity index (χ4n) is 2.64. The number of hydrogen-bond acceptors (Lipinski definition) is 4. The molecule has 3 aromatic rings. The van der Waals surface area contributed by atoms with Crippen molar-refractivity contribution in [1.29, 1.82) is 0 Å². The van der Waals surface area contributed by atoms with E-state index in [-0.39, 0.29) is 0 Å². The molecule has 0 fully saturated rings. The number of hydrogen-bond donors (Lipinski definition) is 2. The number of nitrogens with zero attached hydrogens (tertiary/aromatic N) is 2. The van der Waals surface area contributed by atoms with Gasteiger partial charge in [-0.3, -0.25) is 0 Å². The van der Waals surface area contributed by atoms with Gasteiger partial charge in [0.15, 0.2) is 0 Å². The van der Waals surface area contributed by atoms with Crippen LogP contribution in [0.4, 0.5) is 0 Å². The van der Waals surface area contributed by atoms with Gasteiger partial charge in [-0.05, 0) is 29.8 Å². The van der Waals surface area contributed by atoms with Gasteiger partial charge in [0.1, 0.15) is 11.6 Å². The summed E-state index contributed by atoms with van der Waals surface area (Å²) in [7, 11) is 3.63. The van der Waals surface area contributed by atoms with Crippen LogP contribution in [0, 0.1) is 0 Å². The summed E-state index contributed by atoms with van der Waals surface area (Å²) in [6.07, 6.45) is -0.584. The van der Waals surface area contributed by atoms with Crippen LogP contribution in [0.2, 0.25) is 0 Å². The zero-order valence-electron chi connectivity index (χ0n) is 13.4. The van der Waals surface area contributed by atoms with Crippen molar-refractivity contribution in [3.05, 3.63) is 59.9 Å². The number of aromatic nitrogens is 2. The Labute approximate surface area is 135 Å². The molecule has 0 saturated carbocycles. The molecule has 0 saturated heterocycles. The maximum atomic E-state index is 10.3. The maximum absolute atomic E-state index is 10.3. The first-order valence-electron chi connectivity index (χ1n) is 7.62. The van der Waals surface area contributed by atoms with Crippen LogP contribution in [-0.4, -0.2) is 28.3 Å².